The molecule has 0 aliphatic heterocycles. The maximum Gasteiger partial charge on any atom is 0.321 e. The average molecular weight is 312 g/mol. The van der Waals surface area contributed by atoms with Crippen LogP contribution < -0.4 is 5.73 Å². The third-order valence-electron chi connectivity index (χ3n) is 3.30. The smallest absolute Gasteiger partial charge is 0.321 e. The Hall–Kier alpha value is -1.60. The number of benzene rings is 1. The zero-order valence-electron chi connectivity index (χ0n) is 12.2. The van der Waals surface area contributed by atoms with Crippen molar-refractivity contribution in [2.45, 2.75) is 37.6 Å². The molecule has 0 radical (unpaired) electrons. The molecule has 0 atom stereocenters. The first-order valence-electron chi connectivity index (χ1n) is 6.90. The number of esters is 1. The van der Waals surface area contributed by atoms with E-state index >= 15 is 0 Å². The molecule has 0 aromatic heterocycles. The normalized spacial score (nSPS) is 15.2. The van der Waals surface area contributed by atoms with Gasteiger partial charge >= 0.3 is 5.97 Å². The number of hydrogen-bond donors (Lipinski definition) is 1. The van der Waals surface area contributed by atoms with Gasteiger partial charge in [-0.1, -0.05) is 6.07 Å². The van der Waals surface area contributed by atoms with E-state index in [1.165, 1.54) is 10.4 Å². The van der Waals surface area contributed by atoms with Gasteiger partial charge in [-0.2, -0.15) is 4.31 Å². The van der Waals surface area contributed by atoms with E-state index in [2.05, 4.69) is 0 Å². The second-order valence-corrected chi connectivity index (χ2v) is 6.99. The van der Waals surface area contributed by atoms with Crippen LogP contribution in [0, 0.1) is 6.92 Å². The van der Waals surface area contributed by atoms with Gasteiger partial charge in [-0.3, -0.25) is 4.79 Å². The Balaban J connectivity index is 2.31. The molecule has 6 nitrogen and oxygen atoms in total. The zero-order valence-corrected chi connectivity index (χ0v) is 13.0. The van der Waals surface area contributed by atoms with Crippen LogP contribution in [0.4, 0.5) is 5.69 Å². The molecule has 1 aliphatic carbocycles. The fourth-order valence-electron chi connectivity index (χ4n) is 2.14. The molecule has 2 rings (SSSR count). The van der Waals surface area contributed by atoms with E-state index in [9.17, 15) is 13.2 Å². The van der Waals surface area contributed by atoms with Gasteiger partial charge in [0.1, 0.15) is 11.4 Å². The Labute approximate surface area is 124 Å². The van der Waals surface area contributed by atoms with Crippen LogP contribution in [-0.2, 0) is 19.6 Å². The van der Waals surface area contributed by atoms with Crippen LogP contribution in [-0.4, -0.2) is 37.9 Å². The largest absolute Gasteiger partial charge is 0.465 e. The summed E-state index contributed by atoms with van der Waals surface area (Å²) in [6.45, 7) is 3.48. The predicted octanol–water partition coefficient (Wildman–Crippen LogP) is 1.29. The summed E-state index contributed by atoms with van der Waals surface area (Å²) in [4.78, 5) is 11.7. The van der Waals surface area contributed by atoms with Gasteiger partial charge in [-0.05, 0) is 44.4 Å². The third kappa shape index (κ3) is 3.54. The number of carbonyl (C=O) groups excluding carboxylic acids is 1. The lowest BCUT2D eigenvalue weighted by Gasteiger charge is -2.21. The number of carbonyl (C=O) groups is 1. The Morgan fingerprint density at radius 3 is 2.62 bits per heavy atom. The number of nitrogens with two attached hydrogens (primary N) is 1. The van der Waals surface area contributed by atoms with Crippen molar-refractivity contribution < 1.29 is 17.9 Å². The van der Waals surface area contributed by atoms with Gasteiger partial charge < -0.3 is 10.5 Å². The summed E-state index contributed by atoms with van der Waals surface area (Å²) < 4.78 is 31.5. The first-order valence-corrected chi connectivity index (χ1v) is 8.34. The highest BCUT2D eigenvalue weighted by atomic mass is 32.2. The minimum atomic E-state index is -3.79. The lowest BCUT2D eigenvalue weighted by Crippen LogP contribution is -2.38. The van der Waals surface area contributed by atoms with Crippen molar-refractivity contribution >= 4 is 21.7 Å². The lowest BCUT2D eigenvalue weighted by molar-refractivity contribution is -0.143. The summed E-state index contributed by atoms with van der Waals surface area (Å²) in [7, 11) is -3.79. The molecule has 2 N–H and O–H groups in total. The number of aryl methyl sites for hydroxylation is 1. The van der Waals surface area contributed by atoms with Crippen LogP contribution in [0.2, 0.25) is 0 Å². The van der Waals surface area contributed by atoms with Gasteiger partial charge in [0.2, 0.25) is 10.0 Å². The molecular weight excluding hydrogens is 292 g/mol. The molecule has 0 saturated heterocycles. The maximum atomic E-state index is 12.7. The van der Waals surface area contributed by atoms with Gasteiger partial charge in [0.05, 0.1) is 12.3 Å². The van der Waals surface area contributed by atoms with Crippen molar-refractivity contribution in [1.29, 1.82) is 0 Å². The molecule has 1 saturated carbocycles. The molecule has 1 aromatic rings. The van der Waals surface area contributed by atoms with Crippen LogP contribution >= 0.6 is 0 Å². The summed E-state index contributed by atoms with van der Waals surface area (Å²) in [5, 5.41) is 0. The molecule has 1 aliphatic rings. The van der Waals surface area contributed by atoms with E-state index in [1.54, 1.807) is 19.1 Å². The van der Waals surface area contributed by atoms with Gasteiger partial charge in [0.25, 0.3) is 0 Å². The molecule has 0 heterocycles. The highest BCUT2D eigenvalue weighted by Crippen LogP contribution is 2.33. The Morgan fingerprint density at radius 2 is 2.10 bits per heavy atom. The monoisotopic (exact) mass is 312 g/mol. The highest BCUT2D eigenvalue weighted by molar-refractivity contribution is 7.89. The fourth-order valence-corrected chi connectivity index (χ4v) is 3.86. The quantitative estimate of drug-likeness (QED) is 0.631. The summed E-state index contributed by atoms with van der Waals surface area (Å²) in [5.74, 6) is -0.543. The standard InChI is InChI=1S/C14H20N2O4S/c1-3-20-14(17)9-16(11-5-6-11)21(18,19)13-7-4-10(2)8-12(13)15/h4,7-8,11H,3,5-6,9,15H2,1-2H3. The topological polar surface area (TPSA) is 89.7 Å². The fraction of sp³-hybridized carbons (Fsp3) is 0.500. The summed E-state index contributed by atoms with van der Waals surface area (Å²) in [5.41, 5.74) is 6.92. The number of nitrogen functional groups attached to an aromatic ring is 1. The lowest BCUT2D eigenvalue weighted by atomic mass is 10.2. The van der Waals surface area contributed by atoms with Gasteiger partial charge in [0, 0.05) is 6.04 Å². The van der Waals surface area contributed by atoms with Crippen LogP contribution in [0.15, 0.2) is 23.1 Å². The minimum Gasteiger partial charge on any atom is -0.465 e. The van der Waals surface area contributed by atoms with E-state index in [1.807, 2.05) is 6.92 Å². The summed E-state index contributed by atoms with van der Waals surface area (Å²) in [6.07, 6.45) is 1.51. The molecule has 0 amide bonds. The van der Waals surface area contributed by atoms with E-state index in [-0.39, 0.29) is 29.8 Å². The van der Waals surface area contributed by atoms with Gasteiger partial charge in [0.15, 0.2) is 0 Å². The van der Waals surface area contributed by atoms with Crippen molar-refractivity contribution in [2.24, 2.45) is 0 Å². The van der Waals surface area contributed by atoms with Gasteiger partial charge in [-0.15, -0.1) is 0 Å². The molecule has 0 unspecified atom stereocenters. The molecule has 116 valence electrons. The molecule has 7 heteroatoms. The molecule has 1 aromatic carbocycles. The van der Waals surface area contributed by atoms with Crippen LogP contribution in [0.25, 0.3) is 0 Å². The maximum absolute atomic E-state index is 12.7. The molecule has 1 fully saturated rings. The number of anilines is 1. The Morgan fingerprint density at radius 1 is 1.43 bits per heavy atom. The van der Waals surface area contributed by atoms with E-state index < -0.39 is 16.0 Å². The third-order valence-corrected chi connectivity index (χ3v) is 5.27. The first kappa shape index (κ1) is 15.8. The van der Waals surface area contributed by atoms with E-state index in [0.717, 1.165) is 18.4 Å². The number of ether oxygens (including phenoxy) is 1. The van der Waals surface area contributed by atoms with Crippen molar-refractivity contribution in [3.63, 3.8) is 0 Å². The molecular formula is C14H20N2O4S. The van der Waals surface area contributed by atoms with Crippen LogP contribution in [0.5, 0.6) is 0 Å². The average Bonchev–Trinajstić information content (AvgIpc) is 3.19. The Bertz CT molecular complexity index is 638. The number of nitrogens with zero attached hydrogens (tertiary/aromatic N) is 1. The molecule has 0 spiro atoms. The Kier molecular flexibility index (Phi) is 4.53. The summed E-state index contributed by atoms with van der Waals surface area (Å²) in [6, 6.07) is 4.65. The van der Waals surface area contributed by atoms with Crippen molar-refractivity contribution in [3.8, 4) is 0 Å². The second kappa shape index (κ2) is 6.03. The van der Waals surface area contributed by atoms with Crippen molar-refractivity contribution in [1.82, 2.24) is 4.31 Å². The van der Waals surface area contributed by atoms with Crippen molar-refractivity contribution in [2.75, 3.05) is 18.9 Å². The van der Waals surface area contributed by atoms with Crippen molar-refractivity contribution in [3.05, 3.63) is 23.8 Å². The van der Waals surface area contributed by atoms with E-state index in [4.69, 9.17) is 10.5 Å². The minimum absolute atomic E-state index is 0.0456. The van der Waals surface area contributed by atoms with Crippen LogP contribution in [0.3, 0.4) is 0 Å². The van der Waals surface area contributed by atoms with Crippen LogP contribution in [0.1, 0.15) is 25.3 Å². The summed E-state index contributed by atoms with van der Waals surface area (Å²) >= 11 is 0. The zero-order chi connectivity index (χ0) is 15.6. The molecule has 0 bridgehead atoms. The predicted molar refractivity (Wildman–Crippen MR) is 79.1 cm³/mol. The SMILES string of the molecule is CCOC(=O)CN(C1CC1)S(=O)(=O)c1ccc(C)cc1N. The number of hydrogen-bond acceptors (Lipinski definition) is 5. The second-order valence-electron chi connectivity index (χ2n) is 5.13. The number of sulfonamides is 1. The highest BCUT2D eigenvalue weighted by Gasteiger charge is 2.40. The number of rotatable bonds is 6. The first-order chi connectivity index (χ1) is 9.86. The van der Waals surface area contributed by atoms with Gasteiger partial charge in [-0.25, -0.2) is 8.42 Å². The molecule has 21 heavy (non-hydrogen) atoms. The van der Waals surface area contributed by atoms with E-state index in [0.29, 0.717) is 0 Å².